The van der Waals surface area contributed by atoms with Gasteiger partial charge in [0, 0.05) is 44.3 Å². The number of benzene rings is 10. The molecule has 0 amide bonds. The fourth-order valence-electron chi connectivity index (χ4n) is 10.4. The van der Waals surface area contributed by atoms with Gasteiger partial charge in [-0.3, -0.25) is 0 Å². The van der Waals surface area contributed by atoms with Crippen molar-refractivity contribution in [3.05, 3.63) is 265 Å². The number of anilines is 3. The van der Waals surface area contributed by atoms with Crippen LogP contribution in [-0.4, -0.2) is 4.57 Å². The zero-order valence-corrected chi connectivity index (χ0v) is 34.5. The van der Waals surface area contributed by atoms with Crippen LogP contribution in [0.25, 0.3) is 71.7 Å². The van der Waals surface area contributed by atoms with Gasteiger partial charge in [0.1, 0.15) is 11.2 Å². The predicted octanol–water partition coefficient (Wildman–Crippen LogP) is 16.2. The maximum absolute atomic E-state index is 9.08. The number of para-hydroxylation sites is 3. The Hall–Kier alpha value is -8.40. The highest BCUT2D eigenvalue weighted by atomic mass is 16.3. The summed E-state index contributed by atoms with van der Waals surface area (Å²) in [5.74, 6) is 0. The Morgan fingerprint density at radius 1 is 0.406 bits per heavy atom. The van der Waals surface area contributed by atoms with Crippen LogP contribution in [0.1, 0.15) is 29.1 Å². The van der Waals surface area contributed by atoms with Gasteiger partial charge < -0.3 is 13.9 Å². The molecule has 13 rings (SSSR count). The van der Waals surface area contributed by atoms with Gasteiger partial charge in [0.15, 0.2) is 0 Å². The van der Waals surface area contributed by atoms with Gasteiger partial charge in [-0.25, -0.2) is 0 Å². The normalized spacial score (nSPS) is 13.9. The van der Waals surface area contributed by atoms with Gasteiger partial charge in [-0.15, -0.1) is 0 Å². The minimum atomic E-state index is -0.557. The number of fused-ring (bicyclic) bond motifs is 9. The largest absolute Gasteiger partial charge is 0.456 e. The molecule has 3 heteroatoms. The van der Waals surface area contributed by atoms with Crippen LogP contribution in [0.2, 0.25) is 0 Å². The monoisotopic (exact) mass is 821 g/mol. The Morgan fingerprint density at radius 3 is 1.75 bits per heavy atom. The van der Waals surface area contributed by atoms with E-state index >= 15 is 0 Å². The van der Waals surface area contributed by atoms with Gasteiger partial charge in [-0.1, -0.05) is 158 Å². The first-order chi connectivity index (χ1) is 33.8. The van der Waals surface area contributed by atoms with Gasteiger partial charge in [-0.2, -0.15) is 0 Å². The SMILES string of the molecule is [2H]c1c([2H])c([2H])c(N(c2ccc(-c3ccc4c(c3)c3cc(C5(c6ccccc6)c6ccccc6-c6ccccc65)ccc3n4-c3ccccc3)cc2)c2ccc3oc4ccccc4c3c2)c([2H])c1[2H]. The Kier molecular flexibility index (Phi) is 7.04. The molecule has 0 saturated heterocycles. The van der Waals surface area contributed by atoms with E-state index in [1.807, 2.05) is 72.8 Å². The number of hydrogen-bond donors (Lipinski definition) is 0. The first-order valence-electron chi connectivity index (χ1n) is 24.1. The summed E-state index contributed by atoms with van der Waals surface area (Å²) >= 11 is 0. The van der Waals surface area contributed by atoms with Gasteiger partial charge in [-0.05, 0) is 129 Å². The van der Waals surface area contributed by atoms with Crippen LogP contribution in [-0.2, 0) is 5.41 Å². The van der Waals surface area contributed by atoms with Gasteiger partial charge in [0.05, 0.1) is 23.3 Å². The molecule has 1 aliphatic carbocycles. The van der Waals surface area contributed by atoms with Crippen molar-refractivity contribution in [1.29, 1.82) is 0 Å². The van der Waals surface area contributed by atoms with E-state index in [9.17, 15) is 0 Å². The van der Waals surface area contributed by atoms with E-state index in [2.05, 4.69) is 144 Å². The first-order valence-corrected chi connectivity index (χ1v) is 21.6. The van der Waals surface area contributed by atoms with Crippen LogP contribution in [0.4, 0.5) is 17.1 Å². The molecule has 0 fully saturated rings. The van der Waals surface area contributed by atoms with Crippen LogP contribution in [0.3, 0.4) is 0 Å². The summed E-state index contributed by atoms with van der Waals surface area (Å²) in [6.45, 7) is 0. The molecule has 0 N–H and O–H groups in total. The van der Waals surface area contributed by atoms with E-state index in [1.165, 1.54) is 33.4 Å². The standard InChI is InChI=1S/C61H40N2O/c1-4-16-43(17-5-1)61(55-25-13-10-22-49(55)50-23-11-14-26-56(50)61)44-31-36-58-53(39-44)52-38-42(30-35-57(52)63(58)46-20-8-3-9-21-46)41-28-32-47(33-29-41)62(45-18-6-2-7-19-45)48-34-37-60-54(40-48)51-24-12-15-27-59(51)64-60/h1-40H/i2D,6D,7D,18D,19D. The van der Waals surface area contributed by atoms with E-state index in [0.29, 0.717) is 17.0 Å². The first kappa shape index (κ1) is 31.4. The quantitative estimate of drug-likeness (QED) is 0.160. The summed E-state index contributed by atoms with van der Waals surface area (Å²) in [5.41, 5.74) is 14.9. The van der Waals surface area contributed by atoms with Crippen molar-refractivity contribution in [3.8, 4) is 27.9 Å². The van der Waals surface area contributed by atoms with Crippen LogP contribution >= 0.6 is 0 Å². The molecule has 10 aromatic carbocycles. The molecule has 2 heterocycles. The molecule has 3 nitrogen and oxygen atoms in total. The fourth-order valence-corrected chi connectivity index (χ4v) is 10.4. The van der Waals surface area contributed by atoms with Gasteiger partial charge in [0.2, 0.25) is 0 Å². The molecule has 1 aliphatic rings. The third-order valence-electron chi connectivity index (χ3n) is 13.2. The van der Waals surface area contributed by atoms with Gasteiger partial charge in [0.25, 0.3) is 0 Å². The maximum atomic E-state index is 9.08. The topological polar surface area (TPSA) is 21.3 Å². The molecular weight excluding hydrogens is 777 g/mol. The predicted molar refractivity (Wildman–Crippen MR) is 265 cm³/mol. The number of aromatic nitrogens is 1. The summed E-state index contributed by atoms with van der Waals surface area (Å²) in [6, 6.07) is 72.4. The molecule has 0 atom stereocenters. The van der Waals surface area contributed by atoms with Crippen LogP contribution < -0.4 is 4.90 Å². The molecule has 0 spiro atoms. The van der Waals surface area contributed by atoms with Crippen molar-refractivity contribution in [2.45, 2.75) is 5.41 Å². The van der Waals surface area contributed by atoms with E-state index < -0.39 is 23.5 Å². The van der Waals surface area contributed by atoms with E-state index in [1.54, 1.807) is 4.90 Å². The summed E-state index contributed by atoms with van der Waals surface area (Å²) < 4.78 is 52.3. The Labute approximate surface area is 378 Å². The minimum absolute atomic E-state index is 0.0626. The Balaban J connectivity index is 0.998. The van der Waals surface area contributed by atoms with Crippen molar-refractivity contribution < 1.29 is 11.3 Å². The molecule has 0 aliphatic heterocycles. The summed E-state index contributed by atoms with van der Waals surface area (Å²) in [7, 11) is 0. The lowest BCUT2D eigenvalue weighted by molar-refractivity contribution is 0.669. The number of rotatable bonds is 7. The highest BCUT2D eigenvalue weighted by molar-refractivity contribution is 6.11. The lowest BCUT2D eigenvalue weighted by Crippen LogP contribution is -2.28. The second-order valence-corrected chi connectivity index (χ2v) is 16.5. The molecule has 300 valence electrons. The van der Waals surface area contributed by atoms with Crippen LogP contribution in [0.5, 0.6) is 0 Å². The molecular formula is C61H40N2O. The van der Waals surface area contributed by atoms with Crippen molar-refractivity contribution >= 4 is 60.8 Å². The molecule has 0 unspecified atom stereocenters. The van der Waals surface area contributed by atoms with Crippen molar-refractivity contribution in [2.75, 3.05) is 4.90 Å². The van der Waals surface area contributed by atoms with E-state index in [0.717, 1.165) is 55.0 Å². The average Bonchev–Trinajstić information content (AvgIpc) is 4.05. The zero-order valence-electron chi connectivity index (χ0n) is 39.5. The Morgan fingerprint density at radius 2 is 1.00 bits per heavy atom. The molecule has 64 heavy (non-hydrogen) atoms. The molecule has 12 aromatic rings. The van der Waals surface area contributed by atoms with E-state index in [4.69, 9.17) is 11.3 Å². The summed E-state index contributed by atoms with van der Waals surface area (Å²) in [4.78, 5) is 1.76. The smallest absolute Gasteiger partial charge is 0.135 e. The summed E-state index contributed by atoms with van der Waals surface area (Å²) in [5, 5.41) is 4.03. The summed E-state index contributed by atoms with van der Waals surface area (Å²) in [6.07, 6.45) is 0. The third kappa shape index (κ3) is 5.41. The maximum Gasteiger partial charge on any atom is 0.135 e. The fraction of sp³-hybridized carbons (Fsp3) is 0.0164. The van der Waals surface area contributed by atoms with Crippen molar-refractivity contribution in [2.24, 2.45) is 0 Å². The Bertz CT molecular complexity index is 3950. The van der Waals surface area contributed by atoms with Crippen LogP contribution in [0.15, 0.2) is 247 Å². The van der Waals surface area contributed by atoms with E-state index in [-0.39, 0.29) is 17.8 Å². The van der Waals surface area contributed by atoms with Crippen molar-refractivity contribution in [3.63, 3.8) is 0 Å². The molecule has 0 bridgehead atoms. The van der Waals surface area contributed by atoms with Gasteiger partial charge >= 0.3 is 0 Å². The number of furan rings is 1. The van der Waals surface area contributed by atoms with Crippen LogP contribution in [0, 0.1) is 0 Å². The zero-order chi connectivity index (χ0) is 46.5. The number of nitrogens with zero attached hydrogens (tertiary/aromatic N) is 2. The lowest BCUT2D eigenvalue weighted by atomic mass is 9.67. The number of hydrogen-bond acceptors (Lipinski definition) is 2. The second kappa shape index (κ2) is 14.3. The second-order valence-electron chi connectivity index (χ2n) is 16.5. The molecule has 0 radical (unpaired) electrons. The van der Waals surface area contributed by atoms with Crippen molar-refractivity contribution in [1.82, 2.24) is 4.57 Å². The highest BCUT2D eigenvalue weighted by Gasteiger charge is 2.46. The minimum Gasteiger partial charge on any atom is -0.456 e. The third-order valence-corrected chi connectivity index (χ3v) is 13.2. The average molecular weight is 822 g/mol. The molecule has 2 aromatic heterocycles. The molecule has 0 saturated carbocycles. The lowest BCUT2D eigenvalue weighted by Gasteiger charge is -2.34. The highest BCUT2D eigenvalue weighted by Crippen LogP contribution is 2.56.